The molecule has 24 heavy (non-hydrogen) atoms. The summed E-state index contributed by atoms with van der Waals surface area (Å²) in [6.45, 7) is 2.89. The summed E-state index contributed by atoms with van der Waals surface area (Å²) in [5.41, 5.74) is 1.27. The van der Waals surface area contributed by atoms with E-state index < -0.39 is 6.61 Å². The van der Waals surface area contributed by atoms with Gasteiger partial charge in [-0.3, -0.25) is 4.79 Å². The van der Waals surface area contributed by atoms with E-state index in [1.54, 1.807) is 11.3 Å². The van der Waals surface area contributed by atoms with Crippen molar-refractivity contribution in [3.8, 4) is 11.5 Å². The van der Waals surface area contributed by atoms with Crippen molar-refractivity contribution in [2.24, 2.45) is 0 Å². The van der Waals surface area contributed by atoms with Gasteiger partial charge in [0.05, 0.1) is 13.2 Å². The van der Waals surface area contributed by atoms with Crippen LogP contribution in [0, 0.1) is 13.8 Å². The third kappa shape index (κ3) is 4.23. The van der Waals surface area contributed by atoms with Crippen molar-refractivity contribution in [2.45, 2.75) is 33.4 Å². The number of amides is 1. The monoisotopic (exact) mass is 355 g/mol. The normalized spacial score (nSPS) is 12.1. The van der Waals surface area contributed by atoms with Crippen molar-refractivity contribution < 1.29 is 23.0 Å². The Bertz CT molecular complexity index is 731. The van der Waals surface area contributed by atoms with Crippen molar-refractivity contribution in [2.75, 3.05) is 7.11 Å². The lowest BCUT2D eigenvalue weighted by atomic mass is 10.1. The minimum absolute atomic E-state index is 0.143. The molecule has 0 radical (unpaired) electrons. The Morgan fingerprint density at radius 2 is 1.92 bits per heavy atom. The van der Waals surface area contributed by atoms with Gasteiger partial charge >= 0.3 is 6.61 Å². The third-order valence-electron chi connectivity index (χ3n) is 3.54. The van der Waals surface area contributed by atoms with E-state index in [9.17, 15) is 13.6 Å². The molecule has 0 saturated carbocycles. The summed E-state index contributed by atoms with van der Waals surface area (Å²) in [6.07, 6.45) is 0. The molecule has 1 amide bonds. The molecule has 0 saturated heterocycles. The SMILES string of the molecule is COc1ccc(C(=O)N[C@@H](C)c2cc(C)sc2C)cc1OC(F)F. The lowest BCUT2D eigenvalue weighted by Gasteiger charge is -2.15. The molecule has 1 aromatic heterocycles. The van der Waals surface area contributed by atoms with E-state index in [1.807, 2.05) is 26.8 Å². The highest BCUT2D eigenvalue weighted by molar-refractivity contribution is 7.12. The Hall–Kier alpha value is -2.15. The molecule has 0 aliphatic heterocycles. The van der Waals surface area contributed by atoms with Crippen LogP contribution in [-0.2, 0) is 0 Å². The van der Waals surface area contributed by atoms with Gasteiger partial charge in [-0.05, 0) is 50.6 Å². The lowest BCUT2D eigenvalue weighted by Crippen LogP contribution is -2.26. The highest BCUT2D eigenvalue weighted by Gasteiger charge is 2.18. The quantitative estimate of drug-likeness (QED) is 0.832. The molecule has 0 fully saturated rings. The first-order valence-corrected chi connectivity index (χ1v) is 8.14. The number of carbonyl (C=O) groups excluding carboxylic acids is 1. The first kappa shape index (κ1) is 18.2. The van der Waals surface area contributed by atoms with Gasteiger partial charge in [-0.2, -0.15) is 8.78 Å². The largest absolute Gasteiger partial charge is 0.493 e. The Balaban J connectivity index is 2.18. The number of hydrogen-bond donors (Lipinski definition) is 1. The van der Waals surface area contributed by atoms with Crippen LogP contribution in [0.2, 0.25) is 0 Å². The maximum atomic E-state index is 12.5. The molecule has 0 aliphatic rings. The second-order valence-corrected chi connectivity index (χ2v) is 6.77. The summed E-state index contributed by atoms with van der Waals surface area (Å²) in [7, 11) is 1.34. The van der Waals surface area contributed by atoms with Crippen LogP contribution in [0.4, 0.5) is 8.78 Å². The second-order valence-electron chi connectivity index (χ2n) is 5.31. The minimum atomic E-state index is -2.99. The molecule has 0 spiro atoms. The molecule has 1 aromatic carbocycles. The zero-order chi connectivity index (χ0) is 17.9. The van der Waals surface area contributed by atoms with E-state index >= 15 is 0 Å². The van der Waals surface area contributed by atoms with Gasteiger partial charge in [-0.15, -0.1) is 11.3 Å². The van der Waals surface area contributed by atoms with Crippen LogP contribution < -0.4 is 14.8 Å². The molecule has 4 nitrogen and oxygen atoms in total. The number of thiophene rings is 1. The Morgan fingerprint density at radius 3 is 2.46 bits per heavy atom. The molecule has 0 unspecified atom stereocenters. The van der Waals surface area contributed by atoms with E-state index in [4.69, 9.17) is 4.74 Å². The van der Waals surface area contributed by atoms with Gasteiger partial charge in [-0.25, -0.2) is 0 Å². The van der Waals surface area contributed by atoms with Gasteiger partial charge in [0, 0.05) is 15.3 Å². The fraction of sp³-hybridized carbons (Fsp3) is 0.353. The average molecular weight is 355 g/mol. The summed E-state index contributed by atoms with van der Waals surface area (Å²) < 4.78 is 34.3. The molecular weight excluding hydrogens is 336 g/mol. The van der Waals surface area contributed by atoms with Crippen molar-refractivity contribution in [3.05, 3.63) is 45.1 Å². The fourth-order valence-electron chi connectivity index (χ4n) is 2.44. The van der Waals surface area contributed by atoms with Crippen LogP contribution in [0.15, 0.2) is 24.3 Å². The van der Waals surface area contributed by atoms with Gasteiger partial charge in [0.2, 0.25) is 0 Å². The third-order valence-corrected chi connectivity index (χ3v) is 4.52. The Kier molecular flexibility index (Phi) is 5.77. The van der Waals surface area contributed by atoms with E-state index in [0.717, 1.165) is 10.4 Å². The van der Waals surface area contributed by atoms with Crippen LogP contribution in [0.25, 0.3) is 0 Å². The molecule has 2 aromatic rings. The number of nitrogens with one attached hydrogen (secondary N) is 1. The number of ether oxygens (including phenoxy) is 2. The van der Waals surface area contributed by atoms with Gasteiger partial charge in [-0.1, -0.05) is 0 Å². The number of benzene rings is 1. The summed E-state index contributed by atoms with van der Waals surface area (Å²) in [6, 6.07) is 6.02. The number of alkyl halides is 2. The number of aryl methyl sites for hydroxylation is 2. The second kappa shape index (κ2) is 7.61. The van der Waals surface area contributed by atoms with Crippen LogP contribution in [-0.4, -0.2) is 19.6 Å². The van der Waals surface area contributed by atoms with Crippen LogP contribution in [0.3, 0.4) is 0 Å². The van der Waals surface area contributed by atoms with Crippen LogP contribution >= 0.6 is 11.3 Å². The Morgan fingerprint density at radius 1 is 1.21 bits per heavy atom. The molecule has 130 valence electrons. The maximum absolute atomic E-state index is 12.5. The number of halogens is 2. The summed E-state index contributed by atoms with van der Waals surface area (Å²) in [4.78, 5) is 14.7. The minimum Gasteiger partial charge on any atom is -0.493 e. The molecule has 1 atom stereocenters. The molecule has 0 aliphatic carbocycles. The predicted octanol–water partition coefficient (Wildman–Crippen LogP) is 4.47. The van der Waals surface area contributed by atoms with Crippen molar-refractivity contribution in [3.63, 3.8) is 0 Å². The number of carbonyl (C=O) groups is 1. The summed E-state index contributed by atoms with van der Waals surface area (Å²) in [5, 5.41) is 2.87. The molecule has 1 N–H and O–H groups in total. The van der Waals surface area contributed by atoms with Crippen LogP contribution in [0.1, 0.15) is 38.6 Å². The molecule has 7 heteroatoms. The predicted molar refractivity (Wildman–Crippen MR) is 89.3 cm³/mol. The van der Waals surface area contributed by atoms with Crippen molar-refractivity contribution in [1.82, 2.24) is 5.32 Å². The standard InChI is InChI=1S/C17H19F2NO3S/c1-9-7-13(11(3)24-9)10(2)20-16(21)12-5-6-14(22-4)15(8-12)23-17(18)19/h5-8,10,17H,1-4H3,(H,20,21)/t10-/m0/s1. The lowest BCUT2D eigenvalue weighted by molar-refractivity contribution is -0.0512. The molecular formula is C17H19F2NO3S. The van der Waals surface area contributed by atoms with Crippen LogP contribution in [0.5, 0.6) is 11.5 Å². The molecule has 1 heterocycles. The molecule has 0 bridgehead atoms. The van der Waals surface area contributed by atoms with E-state index in [2.05, 4.69) is 10.1 Å². The zero-order valence-corrected chi connectivity index (χ0v) is 14.7. The topological polar surface area (TPSA) is 47.6 Å². The maximum Gasteiger partial charge on any atom is 0.387 e. The van der Waals surface area contributed by atoms with Crippen molar-refractivity contribution in [1.29, 1.82) is 0 Å². The van der Waals surface area contributed by atoms with Gasteiger partial charge in [0.15, 0.2) is 11.5 Å². The smallest absolute Gasteiger partial charge is 0.387 e. The first-order chi connectivity index (χ1) is 11.3. The number of hydrogen-bond acceptors (Lipinski definition) is 4. The van der Waals surface area contributed by atoms with E-state index in [-0.39, 0.29) is 29.0 Å². The number of rotatable bonds is 6. The highest BCUT2D eigenvalue weighted by atomic mass is 32.1. The van der Waals surface area contributed by atoms with Crippen molar-refractivity contribution >= 4 is 17.2 Å². The molecule has 2 rings (SSSR count). The number of methoxy groups -OCH3 is 1. The van der Waals surface area contributed by atoms with Gasteiger partial charge in [0.1, 0.15) is 0 Å². The van der Waals surface area contributed by atoms with E-state index in [1.165, 1.54) is 30.2 Å². The zero-order valence-electron chi connectivity index (χ0n) is 13.9. The first-order valence-electron chi connectivity index (χ1n) is 7.32. The summed E-state index contributed by atoms with van der Waals surface area (Å²) in [5.74, 6) is -0.396. The fourth-order valence-corrected chi connectivity index (χ4v) is 3.47. The van der Waals surface area contributed by atoms with Gasteiger partial charge in [0.25, 0.3) is 5.91 Å². The van der Waals surface area contributed by atoms with Gasteiger partial charge < -0.3 is 14.8 Å². The Labute approximate surface area is 143 Å². The van der Waals surface area contributed by atoms with E-state index in [0.29, 0.717) is 0 Å². The summed E-state index contributed by atoms with van der Waals surface area (Å²) >= 11 is 1.66. The highest BCUT2D eigenvalue weighted by Crippen LogP contribution is 2.30. The average Bonchev–Trinajstić information content (AvgIpc) is 2.85.